The van der Waals surface area contributed by atoms with E-state index in [4.69, 9.17) is 0 Å². The SMILES string of the molecule is O=c1c(-c2ccc(F)cc2)cn2n1CCC2. The van der Waals surface area contributed by atoms with Crippen molar-refractivity contribution in [1.82, 2.24) is 9.36 Å². The maximum Gasteiger partial charge on any atom is 0.274 e. The van der Waals surface area contributed by atoms with E-state index in [1.165, 1.54) is 12.1 Å². The zero-order valence-corrected chi connectivity index (χ0v) is 8.69. The van der Waals surface area contributed by atoms with Crippen molar-refractivity contribution in [2.75, 3.05) is 0 Å². The highest BCUT2D eigenvalue weighted by atomic mass is 19.1. The number of benzene rings is 1. The van der Waals surface area contributed by atoms with Gasteiger partial charge in [0, 0.05) is 19.3 Å². The summed E-state index contributed by atoms with van der Waals surface area (Å²) in [6.07, 6.45) is 2.86. The summed E-state index contributed by atoms with van der Waals surface area (Å²) in [5.41, 5.74) is 1.45. The predicted molar refractivity (Wildman–Crippen MR) is 58.7 cm³/mol. The lowest BCUT2D eigenvalue weighted by Gasteiger charge is -1.95. The molecule has 0 atom stereocenters. The fourth-order valence-electron chi connectivity index (χ4n) is 2.15. The average molecular weight is 218 g/mol. The van der Waals surface area contributed by atoms with Crippen LogP contribution in [-0.2, 0) is 13.1 Å². The molecule has 3 rings (SSSR count). The molecule has 16 heavy (non-hydrogen) atoms. The Morgan fingerprint density at radius 3 is 2.56 bits per heavy atom. The minimum absolute atomic E-state index is 0.0177. The third kappa shape index (κ3) is 1.30. The maximum atomic E-state index is 12.8. The number of rotatable bonds is 1. The van der Waals surface area contributed by atoms with Crippen LogP contribution < -0.4 is 5.56 Å². The molecule has 0 amide bonds. The zero-order valence-electron chi connectivity index (χ0n) is 8.69. The van der Waals surface area contributed by atoms with Gasteiger partial charge in [-0.3, -0.25) is 14.2 Å². The summed E-state index contributed by atoms with van der Waals surface area (Å²) >= 11 is 0. The van der Waals surface area contributed by atoms with Crippen LogP contribution in [-0.4, -0.2) is 9.36 Å². The monoisotopic (exact) mass is 218 g/mol. The number of aryl methyl sites for hydroxylation is 1. The van der Waals surface area contributed by atoms with Crippen molar-refractivity contribution < 1.29 is 4.39 Å². The van der Waals surface area contributed by atoms with Crippen LogP contribution in [0.25, 0.3) is 11.1 Å². The molecule has 0 bridgehead atoms. The smallest absolute Gasteiger partial charge is 0.274 e. The van der Waals surface area contributed by atoms with Gasteiger partial charge in [-0.25, -0.2) is 4.39 Å². The van der Waals surface area contributed by atoms with Crippen LogP contribution in [0.5, 0.6) is 0 Å². The van der Waals surface area contributed by atoms with Crippen LogP contribution in [0.1, 0.15) is 6.42 Å². The normalized spacial score (nSPS) is 14.1. The molecule has 2 aromatic rings. The predicted octanol–water partition coefficient (Wildman–Crippen LogP) is 1.86. The highest BCUT2D eigenvalue weighted by Gasteiger charge is 2.16. The van der Waals surface area contributed by atoms with E-state index >= 15 is 0 Å². The second-order valence-corrected chi connectivity index (χ2v) is 3.99. The molecule has 2 heterocycles. The molecular weight excluding hydrogens is 207 g/mol. The van der Waals surface area contributed by atoms with E-state index in [-0.39, 0.29) is 11.4 Å². The van der Waals surface area contributed by atoms with Crippen molar-refractivity contribution >= 4 is 0 Å². The first-order chi connectivity index (χ1) is 7.75. The summed E-state index contributed by atoms with van der Waals surface area (Å²) in [7, 11) is 0. The second-order valence-electron chi connectivity index (χ2n) is 3.99. The van der Waals surface area contributed by atoms with Crippen LogP contribution in [0.3, 0.4) is 0 Å². The van der Waals surface area contributed by atoms with Gasteiger partial charge >= 0.3 is 0 Å². The molecule has 1 aromatic carbocycles. The summed E-state index contributed by atoms with van der Waals surface area (Å²) < 4.78 is 16.4. The molecule has 82 valence electrons. The number of hydrogen-bond acceptors (Lipinski definition) is 1. The third-order valence-electron chi connectivity index (χ3n) is 2.97. The topological polar surface area (TPSA) is 26.9 Å². The Balaban J connectivity index is 2.14. The summed E-state index contributed by atoms with van der Waals surface area (Å²) in [4.78, 5) is 12.0. The molecule has 0 aliphatic carbocycles. The molecule has 3 nitrogen and oxygen atoms in total. The number of halogens is 1. The van der Waals surface area contributed by atoms with Gasteiger partial charge in [-0.1, -0.05) is 12.1 Å². The molecule has 0 fully saturated rings. The molecule has 1 aliphatic rings. The molecule has 0 saturated heterocycles. The second kappa shape index (κ2) is 3.33. The first-order valence-corrected chi connectivity index (χ1v) is 5.32. The van der Waals surface area contributed by atoms with Crippen molar-refractivity contribution in [2.45, 2.75) is 19.5 Å². The Bertz CT molecular complexity index is 580. The summed E-state index contributed by atoms with van der Waals surface area (Å²) in [6.45, 7) is 1.66. The van der Waals surface area contributed by atoms with Crippen LogP contribution in [0, 0.1) is 5.82 Å². The van der Waals surface area contributed by atoms with Gasteiger partial charge in [0.25, 0.3) is 5.56 Å². The van der Waals surface area contributed by atoms with Gasteiger partial charge < -0.3 is 0 Å². The Hall–Kier alpha value is -1.84. The lowest BCUT2D eigenvalue weighted by Crippen LogP contribution is -2.17. The van der Waals surface area contributed by atoms with Crippen LogP contribution >= 0.6 is 0 Å². The number of fused-ring (bicyclic) bond motifs is 1. The van der Waals surface area contributed by atoms with Crippen LogP contribution in [0.2, 0.25) is 0 Å². The van der Waals surface area contributed by atoms with Crippen molar-refractivity contribution in [3.05, 3.63) is 46.6 Å². The van der Waals surface area contributed by atoms with Crippen molar-refractivity contribution in [1.29, 1.82) is 0 Å². The van der Waals surface area contributed by atoms with Crippen molar-refractivity contribution in [2.24, 2.45) is 0 Å². The van der Waals surface area contributed by atoms with Gasteiger partial charge in [-0.2, -0.15) is 0 Å². The van der Waals surface area contributed by atoms with E-state index in [1.807, 2.05) is 10.9 Å². The van der Waals surface area contributed by atoms with Crippen molar-refractivity contribution in [3.63, 3.8) is 0 Å². The number of hydrogen-bond donors (Lipinski definition) is 0. The van der Waals surface area contributed by atoms with Gasteiger partial charge in [-0.15, -0.1) is 0 Å². The maximum absolute atomic E-state index is 12.8. The minimum atomic E-state index is -0.282. The molecule has 0 unspecified atom stereocenters. The number of nitrogens with zero attached hydrogens (tertiary/aromatic N) is 2. The van der Waals surface area contributed by atoms with Crippen molar-refractivity contribution in [3.8, 4) is 11.1 Å². The lowest BCUT2D eigenvalue weighted by molar-refractivity contribution is 0.594. The van der Waals surface area contributed by atoms with E-state index in [1.54, 1.807) is 16.8 Å². The summed E-state index contributed by atoms with van der Waals surface area (Å²) in [5, 5.41) is 0. The van der Waals surface area contributed by atoms with Gasteiger partial charge in [-0.05, 0) is 24.1 Å². The molecular formula is C12H11FN2O. The highest BCUT2D eigenvalue weighted by Crippen LogP contribution is 2.18. The molecule has 0 spiro atoms. The molecule has 0 N–H and O–H groups in total. The minimum Gasteiger partial charge on any atom is -0.289 e. The highest BCUT2D eigenvalue weighted by molar-refractivity contribution is 5.61. The van der Waals surface area contributed by atoms with E-state index < -0.39 is 0 Å². The van der Waals surface area contributed by atoms with E-state index in [0.717, 1.165) is 25.1 Å². The zero-order chi connectivity index (χ0) is 11.1. The molecule has 4 heteroatoms. The summed E-state index contributed by atoms with van der Waals surface area (Å²) in [6, 6.07) is 6.04. The molecule has 1 aliphatic heterocycles. The van der Waals surface area contributed by atoms with Gasteiger partial charge in [0.2, 0.25) is 0 Å². The van der Waals surface area contributed by atoms with Crippen LogP contribution in [0.15, 0.2) is 35.3 Å². The van der Waals surface area contributed by atoms with Crippen LogP contribution in [0.4, 0.5) is 4.39 Å². The quantitative estimate of drug-likeness (QED) is 0.717. The Morgan fingerprint density at radius 1 is 1.12 bits per heavy atom. The molecule has 0 saturated carbocycles. The number of aromatic nitrogens is 2. The first-order valence-electron chi connectivity index (χ1n) is 5.32. The van der Waals surface area contributed by atoms with Gasteiger partial charge in [0.15, 0.2) is 0 Å². The largest absolute Gasteiger partial charge is 0.289 e. The Kier molecular flexibility index (Phi) is 1.96. The Labute approximate surface area is 91.7 Å². The Morgan fingerprint density at radius 2 is 1.88 bits per heavy atom. The molecule has 1 aromatic heterocycles. The van der Waals surface area contributed by atoms with E-state index in [2.05, 4.69) is 0 Å². The average Bonchev–Trinajstić information content (AvgIpc) is 2.84. The molecule has 0 radical (unpaired) electrons. The summed E-state index contributed by atoms with van der Waals surface area (Å²) in [5.74, 6) is -0.282. The standard InChI is InChI=1S/C12H11FN2O/c13-10-4-2-9(3-5-10)11-8-14-6-1-7-15(14)12(11)16/h2-5,8H,1,6-7H2. The fraction of sp³-hybridized carbons (Fsp3) is 0.250. The fourth-order valence-corrected chi connectivity index (χ4v) is 2.15. The third-order valence-corrected chi connectivity index (χ3v) is 2.97. The van der Waals surface area contributed by atoms with Gasteiger partial charge in [0.05, 0.1) is 5.56 Å². The van der Waals surface area contributed by atoms with E-state index in [9.17, 15) is 9.18 Å². The first kappa shape index (κ1) is 9.39. The lowest BCUT2D eigenvalue weighted by atomic mass is 10.1. The van der Waals surface area contributed by atoms with Gasteiger partial charge in [0.1, 0.15) is 5.82 Å². The van der Waals surface area contributed by atoms with E-state index in [0.29, 0.717) is 5.56 Å².